The van der Waals surface area contributed by atoms with Crippen molar-refractivity contribution in [3.8, 4) is 0 Å². The van der Waals surface area contributed by atoms with E-state index in [2.05, 4.69) is 5.10 Å². The van der Waals surface area contributed by atoms with Gasteiger partial charge in [-0.05, 0) is 23.8 Å². The average Bonchev–Trinajstić information content (AvgIpc) is 2.79. The molecule has 0 saturated heterocycles. The van der Waals surface area contributed by atoms with Crippen LogP contribution >= 0.6 is 0 Å². The smallest absolute Gasteiger partial charge is 0.159 e. The summed E-state index contributed by atoms with van der Waals surface area (Å²) in [5, 5.41) is 5.30. The highest BCUT2D eigenvalue weighted by molar-refractivity contribution is 5.82. The van der Waals surface area contributed by atoms with Crippen LogP contribution < -0.4 is 5.73 Å². The van der Waals surface area contributed by atoms with E-state index in [0.29, 0.717) is 11.3 Å². The number of aromatic nitrogens is 2. The summed E-state index contributed by atoms with van der Waals surface area (Å²) in [4.78, 5) is 0. The third kappa shape index (κ3) is 1.96. The zero-order valence-corrected chi connectivity index (χ0v) is 10.8. The summed E-state index contributed by atoms with van der Waals surface area (Å²) in [6.45, 7) is 0. The molecule has 0 aliphatic rings. The van der Waals surface area contributed by atoms with Gasteiger partial charge in [0, 0.05) is 12.4 Å². The van der Waals surface area contributed by atoms with Crippen molar-refractivity contribution in [2.24, 2.45) is 12.8 Å². The summed E-state index contributed by atoms with van der Waals surface area (Å²) in [7, 11) is 1.82. The summed E-state index contributed by atoms with van der Waals surface area (Å²) < 4.78 is 28.0. The number of hydrogen-bond acceptors (Lipinski definition) is 2. The second kappa shape index (κ2) is 4.68. The summed E-state index contributed by atoms with van der Waals surface area (Å²) in [5.74, 6) is -1.79. The molecule has 0 fully saturated rings. The zero-order valence-electron chi connectivity index (χ0n) is 10.8. The fraction of sp³-hybridized carbons (Fsp3) is 0.133. The van der Waals surface area contributed by atoms with Gasteiger partial charge in [0.05, 0.1) is 17.3 Å². The summed E-state index contributed by atoms with van der Waals surface area (Å²) in [6.07, 6.45) is 0. The molecule has 3 aromatic rings. The zero-order chi connectivity index (χ0) is 14.3. The van der Waals surface area contributed by atoms with Crippen LogP contribution in [0.1, 0.15) is 17.3 Å². The van der Waals surface area contributed by atoms with Crippen molar-refractivity contribution < 1.29 is 8.78 Å². The van der Waals surface area contributed by atoms with Crippen molar-refractivity contribution in [1.82, 2.24) is 9.78 Å². The topological polar surface area (TPSA) is 43.8 Å². The van der Waals surface area contributed by atoms with Crippen LogP contribution in [-0.4, -0.2) is 9.78 Å². The Morgan fingerprint density at radius 2 is 1.85 bits per heavy atom. The van der Waals surface area contributed by atoms with Gasteiger partial charge in [0.1, 0.15) is 0 Å². The lowest BCUT2D eigenvalue weighted by atomic mass is 10.0. The minimum atomic E-state index is -0.904. The Morgan fingerprint density at radius 1 is 1.10 bits per heavy atom. The van der Waals surface area contributed by atoms with Crippen LogP contribution in [-0.2, 0) is 7.05 Å². The third-order valence-corrected chi connectivity index (χ3v) is 3.38. The van der Waals surface area contributed by atoms with Crippen LogP contribution in [0.2, 0.25) is 0 Å². The Bertz CT molecular complexity index is 780. The molecule has 102 valence electrons. The number of aryl methyl sites for hydroxylation is 1. The maximum atomic E-state index is 13.3. The number of halogens is 2. The average molecular weight is 273 g/mol. The summed E-state index contributed by atoms with van der Waals surface area (Å²) in [5.41, 5.74) is 8.24. The third-order valence-electron chi connectivity index (χ3n) is 3.38. The first-order valence-electron chi connectivity index (χ1n) is 6.20. The van der Waals surface area contributed by atoms with Gasteiger partial charge < -0.3 is 5.73 Å². The fourth-order valence-corrected chi connectivity index (χ4v) is 2.34. The first-order chi connectivity index (χ1) is 9.58. The Kier molecular flexibility index (Phi) is 2.99. The van der Waals surface area contributed by atoms with E-state index in [9.17, 15) is 8.78 Å². The minimum absolute atomic E-state index is 0.493. The Hall–Kier alpha value is -2.27. The molecule has 0 aliphatic heterocycles. The van der Waals surface area contributed by atoms with Crippen LogP contribution in [0.3, 0.4) is 0 Å². The SMILES string of the molecule is Cn1nc(C(N)c2ccc(F)c(F)c2)c2ccccc21. The van der Waals surface area contributed by atoms with Gasteiger partial charge in [-0.2, -0.15) is 5.10 Å². The molecular weight excluding hydrogens is 260 g/mol. The molecular formula is C15H13F2N3. The fourth-order valence-electron chi connectivity index (χ4n) is 2.34. The lowest BCUT2D eigenvalue weighted by Crippen LogP contribution is -2.13. The molecule has 3 rings (SSSR count). The molecule has 5 heteroatoms. The molecule has 20 heavy (non-hydrogen) atoms. The van der Waals surface area contributed by atoms with Crippen molar-refractivity contribution >= 4 is 10.9 Å². The van der Waals surface area contributed by atoms with Gasteiger partial charge in [-0.15, -0.1) is 0 Å². The molecule has 1 unspecified atom stereocenters. The van der Waals surface area contributed by atoms with Crippen molar-refractivity contribution in [2.45, 2.75) is 6.04 Å². The summed E-state index contributed by atoms with van der Waals surface area (Å²) >= 11 is 0. The van der Waals surface area contributed by atoms with Crippen LogP contribution in [0.25, 0.3) is 10.9 Å². The maximum Gasteiger partial charge on any atom is 0.159 e. The highest BCUT2D eigenvalue weighted by Gasteiger charge is 2.18. The Labute approximate surface area is 114 Å². The number of benzene rings is 2. The molecule has 1 aromatic heterocycles. The molecule has 1 heterocycles. The number of para-hydroxylation sites is 1. The Morgan fingerprint density at radius 3 is 2.60 bits per heavy atom. The molecule has 0 aliphatic carbocycles. The molecule has 3 nitrogen and oxygen atoms in total. The predicted octanol–water partition coefficient (Wildman–Crippen LogP) is 2.90. The predicted molar refractivity (Wildman–Crippen MR) is 73.1 cm³/mol. The molecule has 0 amide bonds. The molecule has 0 saturated carbocycles. The molecule has 0 bridgehead atoms. The first kappa shape index (κ1) is 12.7. The van der Waals surface area contributed by atoms with Gasteiger partial charge in [-0.1, -0.05) is 24.3 Å². The van der Waals surface area contributed by atoms with E-state index in [1.807, 2.05) is 31.3 Å². The Balaban J connectivity index is 2.12. The number of hydrogen-bond donors (Lipinski definition) is 1. The normalized spacial score (nSPS) is 12.8. The molecule has 0 radical (unpaired) electrons. The van der Waals surface area contributed by atoms with Gasteiger partial charge in [-0.3, -0.25) is 4.68 Å². The van der Waals surface area contributed by atoms with Gasteiger partial charge in [-0.25, -0.2) is 8.78 Å². The maximum absolute atomic E-state index is 13.3. The molecule has 2 N–H and O–H groups in total. The highest BCUT2D eigenvalue weighted by atomic mass is 19.2. The van der Waals surface area contributed by atoms with E-state index < -0.39 is 17.7 Å². The quantitative estimate of drug-likeness (QED) is 0.780. The van der Waals surface area contributed by atoms with Crippen molar-refractivity contribution in [2.75, 3.05) is 0 Å². The largest absolute Gasteiger partial charge is 0.319 e. The number of nitrogens with two attached hydrogens (primary N) is 1. The molecule has 1 atom stereocenters. The van der Waals surface area contributed by atoms with Crippen molar-refractivity contribution in [3.63, 3.8) is 0 Å². The van der Waals surface area contributed by atoms with Crippen LogP contribution in [0.15, 0.2) is 42.5 Å². The monoisotopic (exact) mass is 273 g/mol. The van der Waals surface area contributed by atoms with E-state index in [4.69, 9.17) is 5.73 Å². The van der Waals surface area contributed by atoms with E-state index in [1.165, 1.54) is 6.07 Å². The van der Waals surface area contributed by atoms with Crippen LogP contribution in [0, 0.1) is 11.6 Å². The van der Waals surface area contributed by atoms with Gasteiger partial charge in [0.25, 0.3) is 0 Å². The standard InChI is InChI=1S/C15H13F2N3/c1-20-13-5-3-2-4-10(13)15(19-20)14(18)9-6-7-11(16)12(17)8-9/h2-8,14H,18H2,1H3. The number of nitrogens with zero attached hydrogens (tertiary/aromatic N) is 2. The number of rotatable bonds is 2. The lowest BCUT2D eigenvalue weighted by Gasteiger charge is -2.10. The van der Waals surface area contributed by atoms with E-state index in [0.717, 1.165) is 23.0 Å². The minimum Gasteiger partial charge on any atom is -0.319 e. The number of fused-ring (bicyclic) bond motifs is 1. The first-order valence-corrected chi connectivity index (χ1v) is 6.20. The second-order valence-corrected chi connectivity index (χ2v) is 4.68. The second-order valence-electron chi connectivity index (χ2n) is 4.68. The van der Waals surface area contributed by atoms with Crippen LogP contribution in [0.4, 0.5) is 8.78 Å². The molecule has 0 spiro atoms. The highest BCUT2D eigenvalue weighted by Crippen LogP contribution is 2.27. The van der Waals surface area contributed by atoms with Crippen molar-refractivity contribution in [3.05, 3.63) is 65.4 Å². The molecule has 2 aromatic carbocycles. The van der Waals surface area contributed by atoms with E-state index >= 15 is 0 Å². The van der Waals surface area contributed by atoms with Gasteiger partial charge in [0.2, 0.25) is 0 Å². The van der Waals surface area contributed by atoms with E-state index in [-0.39, 0.29) is 0 Å². The van der Waals surface area contributed by atoms with E-state index in [1.54, 1.807) is 4.68 Å². The lowest BCUT2D eigenvalue weighted by molar-refractivity contribution is 0.506. The summed E-state index contributed by atoms with van der Waals surface area (Å²) in [6, 6.07) is 10.7. The van der Waals surface area contributed by atoms with Crippen molar-refractivity contribution in [1.29, 1.82) is 0 Å². The van der Waals surface area contributed by atoms with Gasteiger partial charge in [0.15, 0.2) is 11.6 Å². The van der Waals surface area contributed by atoms with Crippen LogP contribution in [0.5, 0.6) is 0 Å². The van der Waals surface area contributed by atoms with Gasteiger partial charge >= 0.3 is 0 Å².